The first kappa shape index (κ1) is 10.0. The van der Waals surface area contributed by atoms with Crippen molar-refractivity contribution in [2.24, 2.45) is 0 Å². The van der Waals surface area contributed by atoms with Gasteiger partial charge in [0.2, 0.25) is 0 Å². The molecule has 0 bridgehead atoms. The Hall–Kier alpha value is -1.06. The van der Waals surface area contributed by atoms with E-state index < -0.39 is 0 Å². The van der Waals surface area contributed by atoms with E-state index in [0.717, 1.165) is 32.3 Å². The van der Waals surface area contributed by atoms with Gasteiger partial charge in [-0.2, -0.15) is 0 Å². The maximum Gasteiger partial charge on any atom is 0.320 e. The fraction of sp³-hybridized carbons (Fsp3) is 0.778. The molecule has 1 rings (SSSR count). The number of hydrogen-bond donors (Lipinski definition) is 0. The molecular weight excluding hydrogens is 168 g/mol. The number of rotatable bonds is 4. The summed E-state index contributed by atoms with van der Waals surface area (Å²) in [4.78, 5) is 25.3. The van der Waals surface area contributed by atoms with Gasteiger partial charge >= 0.3 is 6.03 Å². The van der Waals surface area contributed by atoms with E-state index in [2.05, 4.69) is 0 Å². The summed E-state index contributed by atoms with van der Waals surface area (Å²) in [6.07, 6.45) is 2.32. The van der Waals surface area contributed by atoms with E-state index in [1.54, 1.807) is 4.90 Å². The molecule has 0 aromatic rings. The van der Waals surface area contributed by atoms with Crippen LogP contribution in [0.3, 0.4) is 0 Å². The predicted octanol–water partition coefficient (Wildman–Crippen LogP) is 0.723. The van der Waals surface area contributed by atoms with E-state index in [0.29, 0.717) is 13.0 Å². The van der Waals surface area contributed by atoms with Crippen LogP contribution >= 0.6 is 0 Å². The van der Waals surface area contributed by atoms with Gasteiger partial charge in [-0.15, -0.1) is 0 Å². The second-order valence-electron chi connectivity index (χ2n) is 3.16. The van der Waals surface area contributed by atoms with Gasteiger partial charge in [0.25, 0.3) is 0 Å². The molecule has 0 aromatic heterocycles. The minimum Gasteiger partial charge on any atom is -0.325 e. The normalized spacial score (nSPS) is 17.8. The fourth-order valence-corrected chi connectivity index (χ4v) is 1.55. The molecule has 0 aromatic carbocycles. The lowest BCUT2D eigenvalue weighted by atomic mass is 10.2. The first-order chi connectivity index (χ1) is 6.29. The topological polar surface area (TPSA) is 40.6 Å². The molecule has 1 aliphatic rings. The van der Waals surface area contributed by atoms with Gasteiger partial charge in [0, 0.05) is 32.6 Å². The van der Waals surface area contributed by atoms with Gasteiger partial charge in [-0.3, -0.25) is 0 Å². The molecule has 1 fully saturated rings. The second-order valence-corrected chi connectivity index (χ2v) is 3.16. The van der Waals surface area contributed by atoms with Gasteiger partial charge in [0.1, 0.15) is 6.29 Å². The van der Waals surface area contributed by atoms with Crippen LogP contribution in [-0.2, 0) is 4.79 Å². The number of nitrogens with zero attached hydrogens (tertiary/aromatic N) is 2. The zero-order chi connectivity index (χ0) is 9.68. The van der Waals surface area contributed by atoms with Crippen LogP contribution in [-0.4, -0.2) is 48.3 Å². The summed E-state index contributed by atoms with van der Waals surface area (Å²) >= 11 is 0. The highest BCUT2D eigenvalue weighted by Crippen LogP contribution is 2.08. The van der Waals surface area contributed by atoms with Crippen LogP contribution in [0.1, 0.15) is 19.8 Å². The Morgan fingerprint density at radius 1 is 1.38 bits per heavy atom. The quantitative estimate of drug-likeness (QED) is 0.604. The van der Waals surface area contributed by atoms with E-state index in [9.17, 15) is 9.59 Å². The smallest absolute Gasteiger partial charge is 0.320 e. The van der Waals surface area contributed by atoms with Crippen molar-refractivity contribution in [1.29, 1.82) is 0 Å². The van der Waals surface area contributed by atoms with E-state index >= 15 is 0 Å². The van der Waals surface area contributed by atoms with Gasteiger partial charge in [-0.05, 0) is 13.3 Å². The lowest BCUT2D eigenvalue weighted by Crippen LogP contribution is -2.49. The van der Waals surface area contributed by atoms with Crippen LogP contribution in [0.15, 0.2) is 0 Å². The lowest BCUT2D eigenvalue weighted by Gasteiger charge is -2.34. The van der Waals surface area contributed by atoms with Crippen LogP contribution in [0.4, 0.5) is 4.79 Å². The number of carbonyl (C=O) groups is 2. The SMILES string of the molecule is CCN1CCCN(CCC=O)C1=O. The molecule has 0 radical (unpaired) electrons. The Morgan fingerprint density at radius 2 is 2.08 bits per heavy atom. The van der Waals surface area contributed by atoms with Crippen LogP contribution in [0.25, 0.3) is 0 Å². The van der Waals surface area contributed by atoms with E-state index in [4.69, 9.17) is 0 Å². The van der Waals surface area contributed by atoms with Crippen LogP contribution in [0.2, 0.25) is 0 Å². The van der Waals surface area contributed by atoms with Crippen molar-refractivity contribution >= 4 is 12.3 Å². The number of urea groups is 1. The summed E-state index contributed by atoms with van der Waals surface area (Å²) < 4.78 is 0. The first-order valence-electron chi connectivity index (χ1n) is 4.77. The Balaban J connectivity index is 2.44. The lowest BCUT2D eigenvalue weighted by molar-refractivity contribution is -0.108. The third-order valence-corrected chi connectivity index (χ3v) is 2.30. The van der Waals surface area contributed by atoms with Crippen molar-refractivity contribution in [3.05, 3.63) is 0 Å². The standard InChI is InChI=1S/C9H16N2O2/c1-2-10-5-3-6-11(9(10)13)7-4-8-12/h8H,2-7H2,1H3. The summed E-state index contributed by atoms with van der Waals surface area (Å²) in [7, 11) is 0. The predicted molar refractivity (Wildman–Crippen MR) is 49.5 cm³/mol. The Bertz CT molecular complexity index is 194. The third-order valence-electron chi connectivity index (χ3n) is 2.30. The van der Waals surface area contributed by atoms with E-state index in [1.807, 2.05) is 11.8 Å². The fourth-order valence-electron chi connectivity index (χ4n) is 1.55. The summed E-state index contributed by atoms with van der Waals surface area (Å²) in [5.74, 6) is 0. The maximum atomic E-state index is 11.6. The number of aldehydes is 1. The molecule has 1 saturated heterocycles. The molecule has 1 aliphatic heterocycles. The van der Waals surface area contributed by atoms with Crippen molar-refractivity contribution in [1.82, 2.24) is 9.80 Å². The van der Waals surface area contributed by atoms with Crippen molar-refractivity contribution in [2.45, 2.75) is 19.8 Å². The minimum atomic E-state index is 0.0793. The molecule has 0 spiro atoms. The first-order valence-corrected chi connectivity index (χ1v) is 4.77. The van der Waals surface area contributed by atoms with Gasteiger partial charge in [0.15, 0.2) is 0 Å². The summed E-state index contributed by atoms with van der Waals surface area (Å²) in [5, 5.41) is 0. The van der Waals surface area contributed by atoms with Gasteiger partial charge in [-0.1, -0.05) is 0 Å². The Morgan fingerprint density at radius 3 is 2.69 bits per heavy atom. The molecule has 4 nitrogen and oxygen atoms in total. The third kappa shape index (κ3) is 2.44. The van der Waals surface area contributed by atoms with Gasteiger partial charge in [0.05, 0.1) is 0 Å². The van der Waals surface area contributed by atoms with Gasteiger partial charge in [-0.25, -0.2) is 4.79 Å². The van der Waals surface area contributed by atoms with Crippen molar-refractivity contribution < 1.29 is 9.59 Å². The second kappa shape index (κ2) is 4.84. The number of amides is 2. The van der Waals surface area contributed by atoms with Crippen LogP contribution in [0.5, 0.6) is 0 Å². The number of hydrogen-bond acceptors (Lipinski definition) is 2. The molecule has 0 saturated carbocycles. The van der Waals surface area contributed by atoms with Crippen molar-refractivity contribution in [3.8, 4) is 0 Å². The molecule has 74 valence electrons. The Kier molecular flexibility index (Phi) is 3.73. The highest BCUT2D eigenvalue weighted by atomic mass is 16.2. The molecule has 0 aliphatic carbocycles. The van der Waals surface area contributed by atoms with Crippen molar-refractivity contribution in [3.63, 3.8) is 0 Å². The average Bonchev–Trinajstić information content (AvgIpc) is 2.16. The molecule has 0 atom stereocenters. The molecule has 2 amide bonds. The van der Waals surface area contributed by atoms with Gasteiger partial charge < -0.3 is 14.6 Å². The molecule has 1 heterocycles. The monoisotopic (exact) mass is 184 g/mol. The van der Waals surface area contributed by atoms with E-state index in [-0.39, 0.29) is 6.03 Å². The van der Waals surface area contributed by atoms with Crippen LogP contribution in [0, 0.1) is 0 Å². The molecule has 0 unspecified atom stereocenters. The average molecular weight is 184 g/mol. The highest BCUT2D eigenvalue weighted by molar-refractivity contribution is 5.75. The molecule has 0 N–H and O–H groups in total. The largest absolute Gasteiger partial charge is 0.325 e. The zero-order valence-corrected chi connectivity index (χ0v) is 8.03. The Labute approximate surface area is 78.5 Å². The molecule has 13 heavy (non-hydrogen) atoms. The summed E-state index contributed by atoms with van der Waals surface area (Å²) in [6, 6.07) is 0.0793. The summed E-state index contributed by atoms with van der Waals surface area (Å²) in [5.41, 5.74) is 0. The molecular formula is C9H16N2O2. The van der Waals surface area contributed by atoms with E-state index in [1.165, 1.54) is 0 Å². The number of carbonyl (C=O) groups excluding carboxylic acids is 2. The highest BCUT2D eigenvalue weighted by Gasteiger charge is 2.23. The zero-order valence-electron chi connectivity index (χ0n) is 8.03. The van der Waals surface area contributed by atoms with Crippen molar-refractivity contribution in [2.75, 3.05) is 26.2 Å². The summed E-state index contributed by atoms with van der Waals surface area (Å²) in [6.45, 7) is 4.95. The van der Waals surface area contributed by atoms with Crippen LogP contribution < -0.4 is 0 Å². The molecule has 4 heteroatoms. The minimum absolute atomic E-state index is 0.0793. The maximum absolute atomic E-state index is 11.6.